The van der Waals surface area contributed by atoms with Gasteiger partial charge in [-0.25, -0.2) is 8.42 Å². The van der Waals surface area contributed by atoms with Crippen molar-refractivity contribution in [3.05, 3.63) is 42.0 Å². The molecule has 4 heteroatoms. The molecule has 0 amide bonds. The molecule has 1 aliphatic carbocycles. The van der Waals surface area contributed by atoms with Crippen LogP contribution in [0.15, 0.2) is 41.3 Å². The van der Waals surface area contributed by atoms with E-state index in [4.69, 9.17) is 0 Å². The van der Waals surface area contributed by atoms with Gasteiger partial charge in [0, 0.05) is 18.5 Å². The first-order chi connectivity index (χ1) is 9.94. The molecular weight excluding hydrogens is 282 g/mol. The summed E-state index contributed by atoms with van der Waals surface area (Å²) in [5, 5.41) is 0. The first-order valence-electron chi connectivity index (χ1n) is 7.69. The minimum atomic E-state index is -3.37. The van der Waals surface area contributed by atoms with E-state index in [0.29, 0.717) is 18.0 Å². The summed E-state index contributed by atoms with van der Waals surface area (Å²) in [7, 11) is -3.37. The number of aryl methyl sites for hydroxylation is 1. The lowest BCUT2D eigenvalue weighted by atomic mass is 9.77. The highest BCUT2D eigenvalue weighted by Crippen LogP contribution is 2.48. The Morgan fingerprint density at radius 2 is 1.81 bits per heavy atom. The van der Waals surface area contributed by atoms with Crippen LogP contribution in [0.5, 0.6) is 0 Å². The van der Waals surface area contributed by atoms with Crippen LogP contribution in [-0.2, 0) is 10.0 Å². The largest absolute Gasteiger partial charge is 0.243 e. The van der Waals surface area contributed by atoms with Crippen LogP contribution < -0.4 is 0 Å². The Morgan fingerprint density at radius 1 is 1.14 bits per heavy atom. The van der Waals surface area contributed by atoms with E-state index in [1.165, 1.54) is 5.57 Å². The zero-order valence-corrected chi connectivity index (χ0v) is 13.5. The molecule has 0 radical (unpaired) electrons. The minimum Gasteiger partial charge on any atom is -0.207 e. The van der Waals surface area contributed by atoms with E-state index in [2.05, 4.69) is 6.58 Å². The molecule has 114 valence electrons. The molecule has 1 saturated carbocycles. The third-order valence-electron chi connectivity index (χ3n) is 5.08. The van der Waals surface area contributed by atoms with Crippen molar-refractivity contribution >= 4 is 10.0 Å². The fourth-order valence-corrected chi connectivity index (χ4v) is 5.29. The van der Waals surface area contributed by atoms with Crippen molar-refractivity contribution in [2.45, 2.75) is 43.9 Å². The summed E-state index contributed by atoms with van der Waals surface area (Å²) in [4.78, 5) is 0.411. The highest BCUT2D eigenvalue weighted by Gasteiger charge is 2.43. The van der Waals surface area contributed by atoms with E-state index >= 15 is 0 Å². The molecule has 21 heavy (non-hydrogen) atoms. The van der Waals surface area contributed by atoms with E-state index < -0.39 is 10.0 Å². The second-order valence-corrected chi connectivity index (χ2v) is 8.43. The van der Waals surface area contributed by atoms with Crippen molar-refractivity contribution < 1.29 is 8.42 Å². The van der Waals surface area contributed by atoms with Gasteiger partial charge in [0.05, 0.1) is 4.90 Å². The number of rotatable bonds is 2. The zero-order valence-electron chi connectivity index (χ0n) is 12.6. The molecular formula is C17H23NO2S. The van der Waals surface area contributed by atoms with Gasteiger partial charge < -0.3 is 0 Å². The lowest BCUT2D eigenvalue weighted by Gasteiger charge is -2.40. The summed E-state index contributed by atoms with van der Waals surface area (Å²) in [5.74, 6) is 0. The van der Waals surface area contributed by atoms with Gasteiger partial charge in [-0.3, -0.25) is 0 Å². The van der Waals surface area contributed by atoms with Gasteiger partial charge >= 0.3 is 0 Å². The summed E-state index contributed by atoms with van der Waals surface area (Å²) >= 11 is 0. The molecule has 1 aromatic rings. The van der Waals surface area contributed by atoms with Gasteiger partial charge in [0.1, 0.15) is 0 Å². The third-order valence-corrected chi connectivity index (χ3v) is 6.94. The van der Waals surface area contributed by atoms with Gasteiger partial charge in [-0.05, 0) is 51.2 Å². The van der Waals surface area contributed by atoms with E-state index in [9.17, 15) is 8.42 Å². The average molecular weight is 305 g/mol. The number of benzene rings is 1. The van der Waals surface area contributed by atoms with Crippen LogP contribution in [0.4, 0.5) is 0 Å². The quantitative estimate of drug-likeness (QED) is 0.784. The Hall–Kier alpha value is -1.13. The van der Waals surface area contributed by atoms with Crippen molar-refractivity contribution in [3.63, 3.8) is 0 Å². The van der Waals surface area contributed by atoms with Crippen LogP contribution in [0, 0.1) is 12.3 Å². The molecule has 1 aromatic carbocycles. The normalized spacial score (nSPS) is 27.4. The van der Waals surface area contributed by atoms with E-state index in [1.54, 1.807) is 16.4 Å². The summed E-state index contributed by atoms with van der Waals surface area (Å²) in [5.41, 5.74) is 2.37. The number of hydrogen-bond acceptors (Lipinski definition) is 2. The number of hydrogen-bond donors (Lipinski definition) is 0. The topological polar surface area (TPSA) is 37.4 Å². The lowest BCUT2D eigenvalue weighted by Crippen LogP contribution is -2.45. The van der Waals surface area contributed by atoms with Gasteiger partial charge in [-0.15, -0.1) is 0 Å². The van der Waals surface area contributed by atoms with Crippen LogP contribution in [0.25, 0.3) is 0 Å². The van der Waals surface area contributed by atoms with E-state index in [0.717, 1.165) is 37.7 Å². The highest BCUT2D eigenvalue weighted by atomic mass is 32.2. The Kier molecular flexibility index (Phi) is 3.70. The minimum absolute atomic E-state index is 0.0377. The average Bonchev–Trinajstić information content (AvgIpc) is 2.80. The van der Waals surface area contributed by atoms with Crippen molar-refractivity contribution in [2.75, 3.05) is 13.1 Å². The molecule has 1 atom stereocenters. The first kappa shape index (κ1) is 14.8. The number of piperidine rings is 1. The summed E-state index contributed by atoms with van der Waals surface area (Å²) in [6.45, 7) is 7.42. The summed E-state index contributed by atoms with van der Waals surface area (Å²) in [6.07, 6.45) is 5.32. The molecule has 3 rings (SSSR count). The van der Waals surface area contributed by atoms with Crippen molar-refractivity contribution in [1.82, 2.24) is 4.31 Å². The Bertz CT molecular complexity index is 648. The summed E-state index contributed by atoms with van der Waals surface area (Å²) < 4.78 is 27.4. The molecule has 1 saturated heterocycles. The van der Waals surface area contributed by atoms with Gasteiger partial charge in [-0.1, -0.05) is 29.8 Å². The maximum atomic E-state index is 12.8. The van der Waals surface area contributed by atoms with E-state index in [-0.39, 0.29) is 5.41 Å². The SMILES string of the molecule is C=C1CCCC12CCCN(S(=O)(=O)c1ccc(C)cc1)C2. The van der Waals surface area contributed by atoms with Crippen molar-refractivity contribution in [1.29, 1.82) is 0 Å². The molecule has 0 N–H and O–H groups in total. The van der Waals surface area contributed by atoms with Crippen LogP contribution >= 0.6 is 0 Å². The first-order valence-corrected chi connectivity index (χ1v) is 9.13. The molecule has 1 heterocycles. The molecule has 0 bridgehead atoms. The molecule has 3 nitrogen and oxygen atoms in total. The molecule has 0 aromatic heterocycles. The second-order valence-electron chi connectivity index (χ2n) is 6.49. The fourth-order valence-electron chi connectivity index (χ4n) is 3.73. The highest BCUT2D eigenvalue weighted by molar-refractivity contribution is 7.89. The zero-order chi connectivity index (χ0) is 15.1. The molecule has 2 aliphatic rings. The van der Waals surface area contributed by atoms with Crippen LogP contribution in [0.1, 0.15) is 37.7 Å². The Balaban J connectivity index is 1.89. The smallest absolute Gasteiger partial charge is 0.207 e. The molecule has 2 fully saturated rings. The van der Waals surface area contributed by atoms with Gasteiger partial charge in [-0.2, -0.15) is 4.31 Å². The summed E-state index contributed by atoms with van der Waals surface area (Å²) in [6, 6.07) is 7.16. The van der Waals surface area contributed by atoms with Crippen LogP contribution in [0.2, 0.25) is 0 Å². The van der Waals surface area contributed by atoms with Gasteiger partial charge in [0.15, 0.2) is 0 Å². The second kappa shape index (κ2) is 5.25. The number of sulfonamides is 1. The Labute approximate surface area is 127 Å². The monoisotopic (exact) mass is 305 g/mol. The Morgan fingerprint density at radius 3 is 2.43 bits per heavy atom. The lowest BCUT2D eigenvalue weighted by molar-refractivity contribution is 0.190. The molecule has 1 unspecified atom stereocenters. The third kappa shape index (κ3) is 2.55. The fraction of sp³-hybridized carbons (Fsp3) is 0.529. The van der Waals surface area contributed by atoms with Crippen molar-refractivity contribution in [3.8, 4) is 0 Å². The predicted octanol–water partition coefficient (Wildman–Crippen LogP) is 3.51. The van der Waals surface area contributed by atoms with Crippen LogP contribution in [0.3, 0.4) is 0 Å². The van der Waals surface area contributed by atoms with Gasteiger partial charge in [0.2, 0.25) is 10.0 Å². The van der Waals surface area contributed by atoms with Crippen LogP contribution in [-0.4, -0.2) is 25.8 Å². The maximum Gasteiger partial charge on any atom is 0.243 e. The predicted molar refractivity (Wildman–Crippen MR) is 84.6 cm³/mol. The van der Waals surface area contributed by atoms with Crippen molar-refractivity contribution in [2.24, 2.45) is 5.41 Å². The molecule has 1 spiro atoms. The molecule has 1 aliphatic heterocycles. The van der Waals surface area contributed by atoms with E-state index in [1.807, 2.05) is 19.1 Å². The maximum absolute atomic E-state index is 12.8. The number of nitrogens with zero attached hydrogens (tertiary/aromatic N) is 1. The standard InChI is InChI=1S/C17H23NO2S/c1-14-6-8-16(9-7-14)21(19,20)18-12-4-11-17(13-18)10-3-5-15(17)2/h6-9H,2-5,10-13H2,1H3. The van der Waals surface area contributed by atoms with Gasteiger partial charge in [0.25, 0.3) is 0 Å².